The molecule has 1 amide bonds. The van der Waals surface area contributed by atoms with E-state index in [2.05, 4.69) is 20.3 Å². The maximum absolute atomic E-state index is 13.0. The van der Waals surface area contributed by atoms with Crippen LogP contribution in [0.1, 0.15) is 40.5 Å². The van der Waals surface area contributed by atoms with Crippen molar-refractivity contribution in [3.05, 3.63) is 92.0 Å². The van der Waals surface area contributed by atoms with Crippen molar-refractivity contribution in [2.75, 3.05) is 13.1 Å². The van der Waals surface area contributed by atoms with E-state index in [0.29, 0.717) is 36.7 Å². The quantitative estimate of drug-likeness (QED) is 0.357. The third-order valence-electron chi connectivity index (χ3n) is 5.99. The first-order valence-electron chi connectivity index (χ1n) is 10.9. The highest BCUT2D eigenvalue weighted by atomic mass is 16.6. The molecule has 11 heteroatoms. The minimum atomic E-state index is -0.499. The van der Waals surface area contributed by atoms with Crippen LogP contribution in [0.2, 0.25) is 0 Å². The SMILES string of the molecule is O=C(c1ccc([N+](=O)[O-])cc1)N1CCC[C@H](c2nc3c(nnn3Cc3ccccc3)c(=O)[nH]2)C1. The Bertz CT molecular complexity index is 1410. The van der Waals surface area contributed by atoms with Gasteiger partial charge in [-0.15, -0.1) is 5.10 Å². The number of H-pyrrole nitrogens is 1. The zero-order valence-corrected chi connectivity index (χ0v) is 18.1. The van der Waals surface area contributed by atoms with Gasteiger partial charge in [-0.2, -0.15) is 0 Å². The molecule has 0 aliphatic carbocycles. The number of piperidine rings is 1. The number of aromatic nitrogens is 5. The van der Waals surface area contributed by atoms with Crippen molar-refractivity contribution >= 4 is 22.8 Å². The number of hydrogen-bond donors (Lipinski definition) is 1. The Hall–Kier alpha value is -4.41. The molecule has 0 spiro atoms. The number of carbonyl (C=O) groups is 1. The maximum atomic E-state index is 13.0. The van der Waals surface area contributed by atoms with Gasteiger partial charge in [0.1, 0.15) is 5.82 Å². The van der Waals surface area contributed by atoms with Gasteiger partial charge in [0, 0.05) is 36.7 Å². The highest BCUT2D eigenvalue weighted by Gasteiger charge is 2.28. The van der Waals surface area contributed by atoms with Gasteiger partial charge in [-0.3, -0.25) is 19.7 Å². The number of fused-ring (bicyclic) bond motifs is 1. The van der Waals surface area contributed by atoms with Crippen LogP contribution >= 0.6 is 0 Å². The molecule has 2 aromatic carbocycles. The molecular weight excluding hydrogens is 438 g/mol. The summed E-state index contributed by atoms with van der Waals surface area (Å²) in [6.07, 6.45) is 1.51. The van der Waals surface area contributed by atoms with E-state index in [1.165, 1.54) is 24.3 Å². The topological polar surface area (TPSA) is 140 Å². The predicted octanol–water partition coefficient (Wildman–Crippen LogP) is 2.49. The van der Waals surface area contributed by atoms with Gasteiger partial charge in [0.25, 0.3) is 17.2 Å². The van der Waals surface area contributed by atoms with E-state index in [1.807, 2.05) is 30.3 Å². The van der Waals surface area contributed by atoms with Crippen LogP contribution in [0.15, 0.2) is 59.4 Å². The fourth-order valence-corrected chi connectivity index (χ4v) is 4.23. The van der Waals surface area contributed by atoms with E-state index in [-0.39, 0.29) is 28.6 Å². The zero-order chi connectivity index (χ0) is 23.7. The van der Waals surface area contributed by atoms with Gasteiger partial charge in [-0.25, -0.2) is 9.67 Å². The summed E-state index contributed by atoms with van der Waals surface area (Å²) in [7, 11) is 0. The number of carbonyl (C=O) groups excluding carboxylic acids is 1. The first-order chi connectivity index (χ1) is 16.5. The first-order valence-corrected chi connectivity index (χ1v) is 10.9. The summed E-state index contributed by atoms with van der Waals surface area (Å²) in [6, 6.07) is 15.3. The van der Waals surface area contributed by atoms with Crippen LogP contribution in [0, 0.1) is 10.1 Å². The number of nitrogens with zero attached hydrogens (tertiary/aromatic N) is 6. The first kappa shape index (κ1) is 21.4. The number of rotatable bonds is 5. The van der Waals surface area contributed by atoms with Crippen LogP contribution in [0.5, 0.6) is 0 Å². The van der Waals surface area contributed by atoms with Crippen molar-refractivity contribution in [2.45, 2.75) is 25.3 Å². The average Bonchev–Trinajstić information content (AvgIpc) is 3.27. The van der Waals surface area contributed by atoms with Crippen LogP contribution in [0.4, 0.5) is 5.69 Å². The lowest BCUT2D eigenvalue weighted by atomic mass is 9.96. The Balaban J connectivity index is 1.39. The molecule has 172 valence electrons. The summed E-state index contributed by atoms with van der Waals surface area (Å²) < 4.78 is 1.60. The minimum Gasteiger partial charge on any atom is -0.338 e. The van der Waals surface area contributed by atoms with E-state index in [4.69, 9.17) is 0 Å². The largest absolute Gasteiger partial charge is 0.338 e. The lowest BCUT2D eigenvalue weighted by molar-refractivity contribution is -0.384. The molecule has 0 unspecified atom stereocenters. The standard InChI is InChI=1S/C23H21N7O4/c31-22-19-21(29(27-26-19)13-15-5-2-1-3-6-15)24-20(25-22)17-7-4-12-28(14-17)23(32)16-8-10-18(11-9-16)30(33)34/h1-3,5-6,8-11,17H,4,7,12-14H2,(H,24,25,31)/t17-/m0/s1. The molecule has 1 saturated heterocycles. The molecule has 4 aromatic rings. The lowest BCUT2D eigenvalue weighted by Gasteiger charge is -2.32. The van der Waals surface area contributed by atoms with Crippen LogP contribution in [0.3, 0.4) is 0 Å². The second-order valence-corrected chi connectivity index (χ2v) is 8.25. The summed E-state index contributed by atoms with van der Waals surface area (Å²) in [5.41, 5.74) is 1.54. The molecule has 0 bridgehead atoms. The summed E-state index contributed by atoms with van der Waals surface area (Å²) in [5, 5.41) is 19.0. The van der Waals surface area contributed by atoms with Gasteiger partial charge in [-0.05, 0) is 30.5 Å². The van der Waals surface area contributed by atoms with E-state index >= 15 is 0 Å². The monoisotopic (exact) mass is 459 g/mol. The molecule has 0 radical (unpaired) electrons. The molecule has 1 fully saturated rings. The van der Waals surface area contributed by atoms with Gasteiger partial charge in [0.2, 0.25) is 0 Å². The van der Waals surface area contributed by atoms with Gasteiger partial charge >= 0.3 is 0 Å². The number of benzene rings is 2. The number of likely N-dealkylation sites (tertiary alicyclic amines) is 1. The number of nitro groups is 1. The average molecular weight is 459 g/mol. The van der Waals surface area contributed by atoms with Crippen molar-refractivity contribution in [1.82, 2.24) is 29.9 Å². The smallest absolute Gasteiger partial charge is 0.281 e. The number of nitrogens with one attached hydrogen (secondary N) is 1. The van der Waals surface area contributed by atoms with E-state index in [9.17, 15) is 19.7 Å². The normalized spacial score (nSPS) is 16.0. The number of aromatic amines is 1. The van der Waals surface area contributed by atoms with Crippen molar-refractivity contribution in [1.29, 1.82) is 0 Å². The van der Waals surface area contributed by atoms with Crippen LogP contribution < -0.4 is 5.56 Å². The molecule has 5 rings (SSSR count). The van der Waals surface area contributed by atoms with Gasteiger partial charge in [0.05, 0.1) is 11.5 Å². The molecule has 34 heavy (non-hydrogen) atoms. The highest BCUT2D eigenvalue weighted by Crippen LogP contribution is 2.26. The fraction of sp³-hybridized carbons (Fsp3) is 0.261. The van der Waals surface area contributed by atoms with Crippen molar-refractivity contribution in [3.63, 3.8) is 0 Å². The zero-order valence-electron chi connectivity index (χ0n) is 18.1. The van der Waals surface area contributed by atoms with Gasteiger partial charge in [0.15, 0.2) is 11.2 Å². The molecule has 1 atom stereocenters. The van der Waals surface area contributed by atoms with Crippen molar-refractivity contribution < 1.29 is 9.72 Å². The minimum absolute atomic E-state index is 0.0659. The Morgan fingerprint density at radius 2 is 1.91 bits per heavy atom. The van der Waals surface area contributed by atoms with Crippen LogP contribution in [-0.2, 0) is 6.54 Å². The van der Waals surface area contributed by atoms with E-state index in [0.717, 1.165) is 18.4 Å². The molecule has 2 aromatic heterocycles. The molecule has 3 heterocycles. The number of amides is 1. The van der Waals surface area contributed by atoms with Crippen molar-refractivity contribution in [3.8, 4) is 0 Å². The molecule has 0 saturated carbocycles. The Morgan fingerprint density at radius 3 is 2.65 bits per heavy atom. The van der Waals surface area contributed by atoms with Crippen molar-refractivity contribution in [2.24, 2.45) is 0 Å². The lowest BCUT2D eigenvalue weighted by Crippen LogP contribution is -2.40. The van der Waals surface area contributed by atoms with E-state index < -0.39 is 4.92 Å². The molecule has 1 N–H and O–H groups in total. The molecule has 1 aliphatic heterocycles. The van der Waals surface area contributed by atoms with Crippen LogP contribution in [-0.4, -0.2) is 53.8 Å². The maximum Gasteiger partial charge on any atom is 0.281 e. The third kappa shape index (κ3) is 4.15. The van der Waals surface area contributed by atoms with E-state index in [1.54, 1.807) is 9.58 Å². The van der Waals surface area contributed by atoms with Crippen LogP contribution in [0.25, 0.3) is 11.2 Å². The number of hydrogen-bond acceptors (Lipinski definition) is 7. The second-order valence-electron chi connectivity index (χ2n) is 8.25. The molecule has 1 aliphatic rings. The van der Waals surface area contributed by atoms with Gasteiger partial charge < -0.3 is 9.88 Å². The summed E-state index contributed by atoms with van der Waals surface area (Å²) in [4.78, 5) is 45.3. The second kappa shape index (κ2) is 8.85. The Morgan fingerprint density at radius 1 is 1.15 bits per heavy atom. The highest BCUT2D eigenvalue weighted by molar-refractivity contribution is 5.94. The fourth-order valence-electron chi connectivity index (χ4n) is 4.23. The predicted molar refractivity (Wildman–Crippen MR) is 122 cm³/mol. The number of non-ortho nitro benzene ring substituents is 1. The number of nitro benzene ring substituents is 1. The summed E-state index contributed by atoms with van der Waals surface area (Å²) in [5.74, 6) is 0.127. The summed E-state index contributed by atoms with van der Waals surface area (Å²) in [6.45, 7) is 1.37. The van der Waals surface area contributed by atoms with Gasteiger partial charge in [-0.1, -0.05) is 35.5 Å². The third-order valence-corrected chi connectivity index (χ3v) is 5.99. The Kier molecular flexibility index (Phi) is 5.58. The molecule has 11 nitrogen and oxygen atoms in total. The Labute approximate surface area is 193 Å². The molecular formula is C23H21N7O4. The summed E-state index contributed by atoms with van der Waals surface area (Å²) >= 11 is 0.